The van der Waals surface area contributed by atoms with Gasteiger partial charge in [0.05, 0.1) is 0 Å². The third-order valence-electron chi connectivity index (χ3n) is 3.85. The second kappa shape index (κ2) is 14.1. The zero-order chi connectivity index (χ0) is 15.3. The van der Waals surface area contributed by atoms with Crippen LogP contribution in [0.4, 0.5) is 0 Å². The third kappa shape index (κ3) is 10.2. The van der Waals surface area contributed by atoms with E-state index in [1.165, 1.54) is 38.5 Å². The molecule has 3 N–H and O–H groups in total. The lowest BCUT2D eigenvalue weighted by molar-refractivity contribution is -0.119. The van der Waals surface area contributed by atoms with Gasteiger partial charge < -0.3 is 16.0 Å². The Hall–Kier alpha value is -0.530. The quantitative estimate of drug-likeness (QED) is 0.231. The van der Waals surface area contributed by atoms with Crippen LogP contribution in [0, 0.1) is 5.92 Å². The summed E-state index contributed by atoms with van der Waals surface area (Å²) >= 11 is 0. The van der Waals surface area contributed by atoms with E-state index in [-0.39, 0.29) is 36.4 Å². The molecule has 0 saturated heterocycles. The molecule has 6 heteroatoms. The van der Waals surface area contributed by atoms with Gasteiger partial charge in [-0.15, -0.1) is 24.0 Å². The first-order valence-electron chi connectivity index (χ1n) is 8.55. The molecule has 1 aliphatic carbocycles. The summed E-state index contributed by atoms with van der Waals surface area (Å²) in [5, 5.41) is 9.33. The number of aliphatic imine (C=N–C) groups is 1. The van der Waals surface area contributed by atoms with E-state index in [0.29, 0.717) is 0 Å². The van der Waals surface area contributed by atoms with Gasteiger partial charge in [0, 0.05) is 19.6 Å². The minimum atomic E-state index is -0.0139. The lowest BCUT2D eigenvalue weighted by Gasteiger charge is -2.13. The predicted octanol–water partition coefficient (Wildman–Crippen LogP) is 2.66. The molecule has 5 nitrogen and oxygen atoms in total. The molecule has 1 saturated carbocycles. The van der Waals surface area contributed by atoms with Gasteiger partial charge in [-0.1, -0.05) is 32.6 Å². The molecule has 1 fully saturated rings. The molecule has 0 aromatic rings. The van der Waals surface area contributed by atoms with Crippen LogP contribution in [-0.2, 0) is 4.79 Å². The zero-order valence-electron chi connectivity index (χ0n) is 14.1. The van der Waals surface area contributed by atoms with Crippen molar-refractivity contribution in [1.82, 2.24) is 16.0 Å². The van der Waals surface area contributed by atoms with Gasteiger partial charge in [0.1, 0.15) is 6.54 Å². The van der Waals surface area contributed by atoms with Crippen molar-refractivity contribution in [3.05, 3.63) is 0 Å². The van der Waals surface area contributed by atoms with Gasteiger partial charge in [-0.3, -0.25) is 4.79 Å². The SMILES string of the molecule is CCCNC(=O)CN=C(NCC)NCCCC1CCCC1.I. The van der Waals surface area contributed by atoms with Crippen LogP contribution in [0.1, 0.15) is 58.8 Å². The van der Waals surface area contributed by atoms with E-state index < -0.39 is 0 Å². The highest BCUT2D eigenvalue weighted by molar-refractivity contribution is 14.0. The van der Waals surface area contributed by atoms with Gasteiger partial charge in [-0.05, 0) is 32.1 Å². The lowest BCUT2D eigenvalue weighted by atomic mass is 10.0. The normalized spacial score (nSPS) is 15.3. The van der Waals surface area contributed by atoms with Crippen molar-refractivity contribution in [3.63, 3.8) is 0 Å². The molecule has 0 spiro atoms. The summed E-state index contributed by atoms with van der Waals surface area (Å²) in [6.45, 7) is 6.73. The molecular formula is C16H33IN4O. The van der Waals surface area contributed by atoms with Crippen molar-refractivity contribution in [1.29, 1.82) is 0 Å². The van der Waals surface area contributed by atoms with Crippen LogP contribution in [0.2, 0.25) is 0 Å². The minimum absolute atomic E-state index is 0. The number of amides is 1. The van der Waals surface area contributed by atoms with Gasteiger partial charge >= 0.3 is 0 Å². The molecule has 0 heterocycles. The molecule has 0 unspecified atom stereocenters. The minimum Gasteiger partial charge on any atom is -0.357 e. The number of guanidine groups is 1. The number of carbonyl (C=O) groups excluding carboxylic acids is 1. The summed E-state index contributed by atoms with van der Waals surface area (Å²) in [4.78, 5) is 15.9. The molecule has 0 aromatic heterocycles. The summed E-state index contributed by atoms with van der Waals surface area (Å²) in [6, 6.07) is 0. The smallest absolute Gasteiger partial charge is 0.241 e. The highest BCUT2D eigenvalue weighted by Gasteiger charge is 2.13. The average Bonchev–Trinajstić information content (AvgIpc) is 3.00. The van der Waals surface area contributed by atoms with E-state index in [2.05, 4.69) is 20.9 Å². The number of rotatable bonds is 9. The Bertz CT molecular complexity index is 317. The molecule has 22 heavy (non-hydrogen) atoms. The predicted molar refractivity (Wildman–Crippen MR) is 104 cm³/mol. The fraction of sp³-hybridized carbons (Fsp3) is 0.875. The first-order chi connectivity index (χ1) is 10.3. The first kappa shape index (κ1) is 21.5. The molecule has 0 atom stereocenters. The monoisotopic (exact) mass is 424 g/mol. The molecule has 1 amide bonds. The van der Waals surface area contributed by atoms with Crippen molar-refractivity contribution >= 4 is 35.8 Å². The van der Waals surface area contributed by atoms with Crippen LogP contribution in [0.3, 0.4) is 0 Å². The van der Waals surface area contributed by atoms with E-state index in [9.17, 15) is 4.79 Å². The molecule has 0 bridgehead atoms. The van der Waals surface area contributed by atoms with Crippen molar-refractivity contribution in [2.45, 2.75) is 58.8 Å². The van der Waals surface area contributed by atoms with E-state index in [1.54, 1.807) is 0 Å². The number of halogens is 1. The van der Waals surface area contributed by atoms with E-state index in [1.807, 2.05) is 13.8 Å². The van der Waals surface area contributed by atoms with Crippen LogP contribution < -0.4 is 16.0 Å². The Morgan fingerprint density at radius 3 is 2.45 bits per heavy atom. The first-order valence-corrected chi connectivity index (χ1v) is 8.55. The summed E-state index contributed by atoms with van der Waals surface area (Å²) in [5.74, 6) is 1.67. The Labute approximate surface area is 152 Å². The highest BCUT2D eigenvalue weighted by atomic mass is 127. The fourth-order valence-corrected chi connectivity index (χ4v) is 2.71. The van der Waals surface area contributed by atoms with Gasteiger partial charge in [-0.25, -0.2) is 4.99 Å². The summed E-state index contributed by atoms with van der Waals surface area (Å²) in [7, 11) is 0. The van der Waals surface area contributed by atoms with Crippen LogP contribution in [0.15, 0.2) is 4.99 Å². The Kier molecular flexibility index (Phi) is 13.7. The van der Waals surface area contributed by atoms with Crippen molar-refractivity contribution in [2.75, 3.05) is 26.2 Å². The Morgan fingerprint density at radius 1 is 1.09 bits per heavy atom. The highest BCUT2D eigenvalue weighted by Crippen LogP contribution is 2.28. The molecule has 1 rings (SSSR count). The molecule has 1 aliphatic rings. The van der Waals surface area contributed by atoms with E-state index in [4.69, 9.17) is 0 Å². The van der Waals surface area contributed by atoms with Crippen LogP contribution in [0.25, 0.3) is 0 Å². The number of nitrogens with zero attached hydrogens (tertiary/aromatic N) is 1. The molecule has 0 radical (unpaired) electrons. The van der Waals surface area contributed by atoms with E-state index in [0.717, 1.165) is 37.9 Å². The van der Waals surface area contributed by atoms with Gasteiger partial charge in [0.2, 0.25) is 5.91 Å². The molecular weight excluding hydrogens is 391 g/mol. The standard InChI is InChI=1S/C16H32N4O.HI/c1-3-11-18-15(21)13-20-16(17-4-2)19-12-7-10-14-8-5-6-9-14;/h14H,3-13H2,1-2H3,(H,18,21)(H2,17,19,20);1H. The van der Waals surface area contributed by atoms with Gasteiger partial charge in [-0.2, -0.15) is 0 Å². The summed E-state index contributed by atoms with van der Waals surface area (Å²) in [6.07, 6.45) is 9.08. The van der Waals surface area contributed by atoms with Crippen molar-refractivity contribution in [3.8, 4) is 0 Å². The van der Waals surface area contributed by atoms with Crippen molar-refractivity contribution < 1.29 is 4.79 Å². The molecule has 0 aliphatic heterocycles. The zero-order valence-corrected chi connectivity index (χ0v) is 16.4. The maximum Gasteiger partial charge on any atom is 0.241 e. The topological polar surface area (TPSA) is 65.5 Å². The largest absolute Gasteiger partial charge is 0.357 e. The summed E-state index contributed by atoms with van der Waals surface area (Å²) in [5.41, 5.74) is 0. The maximum absolute atomic E-state index is 11.5. The Balaban J connectivity index is 0.00000441. The number of carbonyl (C=O) groups is 1. The maximum atomic E-state index is 11.5. The Morgan fingerprint density at radius 2 is 1.82 bits per heavy atom. The lowest BCUT2D eigenvalue weighted by Crippen LogP contribution is -2.39. The number of hydrogen-bond donors (Lipinski definition) is 3. The third-order valence-corrected chi connectivity index (χ3v) is 3.85. The van der Waals surface area contributed by atoms with Gasteiger partial charge in [0.25, 0.3) is 0 Å². The molecule has 0 aromatic carbocycles. The molecule has 130 valence electrons. The summed E-state index contributed by atoms with van der Waals surface area (Å²) < 4.78 is 0. The van der Waals surface area contributed by atoms with Gasteiger partial charge in [0.15, 0.2) is 5.96 Å². The second-order valence-electron chi connectivity index (χ2n) is 5.76. The van der Waals surface area contributed by atoms with E-state index >= 15 is 0 Å². The second-order valence-corrected chi connectivity index (χ2v) is 5.76. The number of hydrogen-bond acceptors (Lipinski definition) is 2. The van der Waals surface area contributed by atoms with Crippen LogP contribution in [-0.4, -0.2) is 38.0 Å². The number of nitrogens with one attached hydrogen (secondary N) is 3. The fourth-order valence-electron chi connectivity index (χ4n) is 2.71. The average molecular weight is 424 g/mol. The van der Waals surface area contributed by atoms with Crippen LogP contribution >= 0.6 is 24.0 Å². The van der Waals surface area contributed by atoms with Crippen LogP contribution in [0.5, 0.6) is 0 Å². The van der Waals surface area contributed by atoms with Crippen molar-refractivity contribution in [2.24, 2.45) is 10.9 Å².